The highest BCUT2D eigenvalue weighted by molar-refractivity contribution is 9.10. The van der Waals surface area contributed by atoms with E-state index in [4.69, 9.17) is 15.6 Å². The van der Waals surface area contributed by atoms with Gasteiger partial charge in [0.15, 0.2) is 0 Å². The highest BCUT2D eigenvalue weighted by atomic mass is 79.9. The first-order chi connectivity index (χ1) is 10.1. The largest absolute Gasteiger partial charge is 0.377 e. The zero-order valence-electron chi connectivity index (χ0n) is 13.1. The van der Waals surface area contributed by atoms with Gasteiger partial charge in [-0.25, -0.2) is 0 Å². The van der Waals surface area contributed by atoms with Gasteiger partial charge in [0.05, 0.1) is 22.0 Å². The van der Waals surface area contributed by atoms with E-state index in [9.17, 15) is 0 Å². The van der Waals surface area contributed by atoms with Crippen molar-refractivity contribution in [2.24, 2.45) is 17.1 Å². The van der Waals surface area contributed by atoms with Gasteiger partial charge in [-0.3, -0.25) is 4.68 Å². The van der Waals surface area contributed by atoms with Gasteiger partial charge in [0, 0.05) is 25.1 Å². The molecule has 21 heavy (non-hydrogen) atoms. The van der Waals surface area contributed by atoms with Gasteiger partial charge in [0.1, 0.15) is 0 Å². The second-order valence-corrected chi connectivity index (χ2v) is 7.29. The molecule has 1 aromatic rings. The Bertz CT molecular complexity index is 512. The molecule has 0 amide bonds. The Morgan fingerprint density at radius 2 is 2.19 bits per heavy atom. The zero-order chi connectivity index (χ0) is 15.0. The van der Waals surface area contributed by atoms with Crippen molar-refractivity contribution in [1.82, 2.24) is 9.78 Å². The first kappa shape index (κ1) is 15.5. The summed E-state index contributed by atoms with van der Waals surface area (Å²) in [6, 6.07) is 0. The molecule has 2 atom stereocenters. The van der Waals surface area contributed by atoms with Gasteiger partial charge in [-0.2, -0.15) is 5.10 Å². The van der Waals surface area contributed by atoms with Gasteiger partial charge >= 0.3 is 0 Å². The van der Waals surface area contributed by atoms with E-state index < -0.39 is 0 Å². The predicted octanol–water partition coefficient (Wildman–Crippen LogP) is 2.91. The molecular formula is C16H26BrN3O. The molecule has 3 rings (SSSR count). The summed E-state index contributed by atoms with van der Waals surface area (Å²) in [6.45, 7) is 6.78. The Morgan fingerprint density at radius 1 is 1.43 bits per heavy atom. The molecule has 0 aromatic carbocycles. The maximum atomic E-state index is 6.23. The van der Waals surface area contributed by atoms with Crippen LogP contribution in [0.25, 0.3) is 0 Å². The molecule has 1 aliphatic heterocycles. The molecule has 0 radical (unpaired) electrons. The van der Waals surface area contributed by atoms with Gasteiger partial charge in [-0.1, -0.05) is 6.92 Å². The van der Waals surface area contributed by atoms with E-state index in [-0.39, 0.29) is 5.41 Å². The molecule has 2 heterocycles. The van der Waals surface area contributed by atoms with E-state index in [0.29, 0.717) is 12.6 Å². The molecule has 2 fully saturated rings. The van der Waals surface area contributed by atoms with E-state index in [1.165, 1.54) is 23.0 Å². The summed E-state index contributed by atoms with van der Waals surface area (Å²) in [5.74, 6) is 0.735. The van der Waals surface area contributed by atoms with Crippen molar-refractivity contribution >= 4 is 15.9 Å². The Balaban J connectivity index is 1.91. The summed E-state index contributed by atoms with van der Waals surface area (Å²) in [6.07, 6.45) is 5.97. The first-order valence-corrected chi connectivity index (χ1v) is 9.00. The Kier molecular flexibility index (Phi) is 4.44. The SMILES string of the molecule is CCc1nn(CC)c(CC2(CN)CCOC2C2CC2)c1Br. The van der Waals surface area contributed by atoms with Crippen molar-refractivity contribution in [2.75, 3.05) is 13.2 Å². The van der Waals surface area contributed by atoms with Gasteiger partial charge in [0.25, 0.3) is 0 Å². The van der Waals surface area contributed by atoms with E-state index in [0.717, 1.165) is 44.0 Å². The summed E-state index contributed by atoms with van der Waals surface area (Å²) in [5.41, 5.74) is 8.78. The minimum Gasteiger partial charge on any atom is -0.377 e. The highest BCUT2D eigenvalue weighted by Crippen LogP contribution is 2.49. The van der Waals surface area contributed by atoms with Crippen LogP contribution < -0.4 is 5.73 Å². The zero-order valence-corrected chi connectivity index (χ0v) is 14.7. The molecule has 1 aliphatic carbocycles. The molecule has 1 aromatic heterocycles. The van der Waals surface area contributed by atoms with Gasteiger partial charge in [-0.05, 0) is 60.9 Å². The van der Waals surface area contributed by atoms with Crippen LogP contribution in [-0.2, 0) is 24.1 Å². The number of ether oxygens (including phenoxy) is 1. The summed E-state index contributed by atoms with van der Waals surface area (Å²) in [4.78, 5) is 0. The molecule has 2 unspecified atom stereocenters. The minimum atomic E-state index is 0.0989. The van der Waals surface area contributed by atoms with E-state index in [2.05, 4.69) is 34.5 Å². The van der Waals surface area contributed by atoms with Crippen LogP contribution in [0.5, 0.6) is 0 Å². The number of halogens is 1. The fraction of sp³-hybridized carbons (Fsp3) is 0.812. The number of aromatic nitrogens is 2. The van der Waals surface area contributed by atoms with Crippen molar-refractivity contribution in [1.29, 1.82) is 0 Å². The van der Waals surface area contributed by atoms with Crippen molar-refractivity contribution in [3.8, 4) is 0 Å². The smallest absolute Gasteiger partial charge is 0.0766 e. The third kappa shape index (κ3) is 2.68. The van der Waals surface area contributed by atoms with E-state index >= 15 is 0 Å². The van der Waals surface area contributed by atoms with Crippen LogP contribution >= 0.6 is 15.9 Å². The molecule has 1 saturated carbocycles. The van der Waals surface area contributed by atoms with Gasteiger partial charge < -0.3 is 10.5 Å². The van der Waals surface area contributed by atoms with Crippen LogP contribution in [0.2, 0.25) is 0 Å². The van der Waals surface area contributed by atoms with Crippen molar-refractivity contribution in [2.45, 2.75) is 58.6 Å². The molecule has 1 saturated heterocycles. The van der Waals surface area contributed by atoms with Crippen LogP contribution in [0.4, 0.5) is 0 Å². The molecule has 4 nitrogen and oxygen atoms in total. The monoisotopic (exact) mass is 355 g/mol. The van der Waals surface area contributed by atoms with E-state index in [1.54, 1.807) is 0 Å². The maximum absolute atomic E-state index is 6.23. The van der Waals surface area contributed by atoms with Crippen LogP contribution in [-0.4, -0.2) is 29.0 Å². The number of nitrogens with two attached hydrogens (primary N) is 1. The lowest BCUT2D eigenvalue weighted by molar-refractivity contribution is 0.0336. The van der Waals surface area contributed by atoms with Crippen LogP contribution in [0.15, 0.2) is 4.47 Å². The molecule has 0 bridgehead atoms. The summed E-state index contributed by atoms with van der Waals surface area (Å²) >= 11 is 3.77. The van der Waals surface area contributed by atoms with Crippen LogP contribution in [0, 0.1) is 11.3 Å². The number of aryl methyl sites for hydroxylation is 2. The fourth-order valence-corrected chi connectivity index (χ4v) is 4.45. The lowest BCUT2D eigenvalue weighted by Gasteiger charge is -2.33. The number of nitrogens with zero attached hydrogens (tertiary/aromatic N) is 2. The Morgan fingerprint density at radius 3 is 2.76 bits per heavy atom. The van der Waals surface area contributed by atoms with Crippen LogP contribution in [0.3, 0.4) is 0 Å². The highest BCUT2D eigenvalue weighted by Gasteiger charge is 2.50. The number of hydrogen-bond donors (Lipinski definition) is 1. The first-order valence-electron chi connectivity index (χ1n) is 8.21. The number of rotatable bonds is 6. The second kappa shape index (κ2) is 6.01. The quantitative estimate of drug-likeness (QED) is 0.853. The Hall–Kier alpha value is -0.390. The summed E-state index contributed by atoms with van der Waals surface area (Å²) in [7, 11) is 0. The topological polar surface area (TPSA) is 53.1 Å². The van der Waals surface area contributed by atoms with Crippen molar-refractivity contribution in [3.05, 3.63) is 15.9 Å². The summed E-state index contributed by atoms with van der Waals surface area (Å²) in [5, 5.41) is 4.73. The third-order valence-corrected chi connectivity index (χ3v) is 6.09. The van der Waals surface area contributed by atoms with Crippen molar-refractivity contribution < 1.29 is 4.74 Å². The Labute approximate surface area is 135 Å². The average Bonchev–Trinajstić information content (AvgIpc) is 3.19. The number of hydrogen-bond acceptors (Lipinski definition) is 3. The lowest BCUT2D eigenvalue weighted by Crippen LogP contribution is -2.42. The van der Waals surface area contributed by atoms with E-state index in [1.807, 2.05) is 0 Å². The summed E-state index contributed by atoms with van der Waals surface area (Å²) < 4.78 is 9.40. The molecule has 2 N–H and O–H groups in total. The van der Waals surface area contributed by atoms with Gasteiger partial charge in [0.2, 0.25) is 0 Å². The maximum Gasteiger partial charge on any atom is 0.0766 e. The molecule has 0 spiro atoms. The minimum absolute atomic E-state index is 0.0989. The fourth-order valence-electron chi connectivity index (χ4n) is 3.74. The molecule has 2 aliphatic rings. The predicted molar refractivity (Wildman–Crippen MR) is 87.3 cm³/mol. The van der Waals surface area contributed by atoms with Gasteiger partial charge in [-0.15, -0.1) is 0 Å². The third-order valence-electron chi connectivity index (χ3n) is 5.17. The lowest BCUT2D eigenvalue weighted by atomic mass is 9.75. The van der Waals surface area contributed by atoms with Crippen molar-refractivity contribution in [3.63, 3.8) is 0 Å². The standard InChI is InChI=1S/C16H26BrN3O/c1-3-12-14(17)13(20(4-2)19-12)9-16(10-18)7-8-21-15(16)11-5-6-11/h11,15H,3-10,18H2,1-2H3. The average molecular weight is 356 g/mol. The second-order valence-electron chi connectivity index (χ2n) is 6.50. The molecule has 118 valence electrons. The van der Waals surface area contributed by atoms with Crippen LogP contribution in [0.1, 0.15) is 44.5 Å². The molecule has 5 heteroatoms. The normalized spacial score (nSPS) is 29.2. The molecular weight excluding hydrogens is 330 g/mol.